The largest absolute Gasteiger partial charge is 0.349 e. The minimum absolute atomic E-state index is 0.0484. The summed E-state index contributed by atoms with van der Waals surface area (Å²) in [5, 5.41) is 2.97. The SMILES string of the molecule is CCC(=O)N(Cc1ccccc1)[C@@H](Cc1ccccc1)C(=O)NCc1ccccn1. The van der Waals surface area contributed by atoms with Crippen LogP contribution in [0.25, 0.3) is 0 Å². The fraction of sp³-hybridized carbons (Fsp3) is 0.240. The van der Waals surface area contributed by atoms with Crippen molar-refractivity contribution in [1.29, 1.82) is 0 Å². The Bertz CT molecular complexity index is 930. The summed E-state index contributed by atoms with van der Waals surface area (Å²) in [6, 6.07) is 24.6. The fourth-order valence-electron chi connectivity index (χ4n) is 3.34. The first kappa shape index (κ1) is 21.2. The van der Waals surface area contributed by atoms with E-state index < -0.39 is 6.04 Å². The van der Waals surface area contributed by atoms with Crippen LogP contribution in [0, 0.1) is 0 Å². The van der Waals surface area contributed by atoms with E-state index >= 15 is 0 Å². The van der Waals surface area contributed by atoms with Crippen LogP contribution in [-0.4, -0.2) is 27.7 Å². The zero-order valence-corrected chi connectivity index (χ0v) is 17.2. The lowest BCUT2D eigenvalue weighted by molar-refractivity contribution is -0.141. The normalized spacial score (nSPS) is 11.5. The molecular formula is C25H27N3O2. The first-order chi connectivity index (χ1) is 14.7. The molecule has 5 nitrogen and oxygen atoms in total. The molecule has 0 bridgehead atoms. The van der Waals surface area contributed by atoms with Crippen molar-refractivity contribution in [3.63, 3.8) is 0 Å². The number of benzene rings is 2. The Hall–Kier alpha value is -3.47. The van der Waals surface area contributed by atoms with Gasteiger partial charge in [-0.15, -0.1) is 0 Å². The number of aromatic nitrogens is 1. The molecule has 0 radical (unpaired) electrons. The molecule has 5 heteroatoms. The average molecular weight is 402 g/mol. The zero-order valence-electron chi connectivity index (χ0n) is 17.2. The van der Waals surface area contributed by atoms with Gasteiger partial charge in [0, 0.05) is 25.6 Å². The third kappa shape index (κ3) is 6.01. The predicted molar refractivity (Wildman–Crippen MR) is 117 cm³/mol. The Morgan fingerprint density at radius 3 is 2.13 bits per heavy atom. The number of carbonyl (C=O) groups excluding carboxylic acids is 2. The highest BCUT2D eigenvalue weighted by molar-refractivity contribution is 5.87. The van der Waals surface area contributed by atoms with E-state index in [2.05, 4.69) is 10.3 Å². The molecule has 3 aromatic rings. The number of rotatable bonds is 9. The molecule has 2 aromatic carbocycles. The van der Waals surface area contributed by atoms with E-state index in [1.165, 1.54) is 0 Å². The van der Waals surface area contributed by atoms with Crippen LogP contribution in [0.5, 0.6) is 0 Å². The van der Waals surface area contributed by atoms with Gasteiger partial charge in [0.2, 0.25) is 11.8 Å². The molecule has 154 valence electrons. The minimum Gasteiger partial charge on any atom is -0.349 e. The standard InChI is InChI=1S/C25H27N3O2/c1-2-24(29)28(19-21-13-7-4-8-14-21)23(17-20-11-5-3-6-12-20)25(30)27-18-22-15-9-10-16-26-22/h3-16,23H,2,17-19H2,1H3,(H,27,30)/t23-/m0/s1. The zero-order chi connectivity index (χ0) is 21.2. The second-order valence-electron chi connectivity index (χ2n) is 7.11. The van der Waals surface area contributed by atoms with E-state index in [-0.39, 0.29) is 11.8 Å². The van der Waals surface area contributed by atoms with E-state index in [1.807, 2.05) is 85.8 Å². The fourth-order valence-corrected chi connectivity index (χ4v) is 3.34. The van der Waals surface area contributed by atoms with Gasteiger partial charge in [0.15, 0.2) is 0 Å². The van der Waals surface area contributed by atoms with E-state index in [0.29, 0.717) is 25.9 Å². The Morgan fingerprint density at radius 1 is 0.900 bits per heavy atom. The molecule has 0 fully saturated rings. The second kappa shape index (κ2) is 10.9. The van der Waals surface area contributed by atoms with Crippen LogP contribution in [-0.2, 0) is 29.1 Å². The summed E-state index contributed by atoms with van der Waals surface area (Å²) in [4.78, 5) is 32.1. The first-order valence-corrected chi connectivity index (χ1v) is 10.2. The van der Waals surface area contributed by atoms with Gasteiger partial charge in [-0.05, 0) is 23.3 Å². The highest BCUT2D eigenvalue weighted by atomic mass is 16.2. The van der Waals surface area contributed by atoms with E-state index in [1.54, 1.807) is 11.1 Å². The van der Waals surface area contributed by atoms with Crippen LogP contribution in [0.1, 0.15) is 30.2 Å². The molecule has 2 amide bonds. The lowest BCUT2D eigenvalue weighted by atomic mass is 10.0. The summed E-state index contributed by atoms with van der Waals surface area (Å²) in [6.07, 6.45) is 2.49. The van der Waals surface area contributed by atoms with Gasteiger partial charge >= 0.3 is 0 Å². The molecule has 0 aliphatic rings. The Morgan fingerprint density at radius 2 is 1.53 bits per heavy atom. The van der Waals surface area contributed by atoms with Gasteiger partial charge in [0.1, 0.15) is 6.04 Å². The average Bonchev–Trinajstić information content (AvgIpc) is 2.81. The summed E-state index contributed by atoms with van der Waals surface area (Å²) in [5.41, 5.74) is 2.79. The maximum absolute atomic E-state index is 13.2. The van der Waals surface area contributed by atoms with Gasteiger partial charge in [-0.25, -0.2) is 0 Å². The second-order valence-corrected chi connectivity index (χ2v) is 7.11. The summed E-state index contributed by atoms with van der Waals surface area (Å²) in [6.45, 7) is 2.54. The first-order valence-electron chi connectivity index (χ1n) is 10.2. The molecule has 0 spiro atoms. The Labute approximate surface area is 177 Å². The molecule has 1 aromatic heterocycles. The third-order valence-corrected chi connectivity index (χ3v) is 4.94. The summed E-state index contributed by atoms with van der Waals surface area (Å²) in [5.74, 6) is -0.227. The van der Waals surface area contributed by atoms with Gasteiger partial charge in [-0.1, -0.05) is 73.7 Å². The molecule has 0 saturated heterocycles. The van der Waals surface area contributed by atoms with Gasteiger partial charge in [-0.2, -0.15) is 0 Å². The maximum Gasteiger partial charge on any atom is 0.243 e. The molecule has 1 heterocycles. The van der Waals surface area contributed by atoms with Crippen molar-refractivity contribution < 1.29 is 9.59 Å². The molecule has 3 rings (SSSR count). The number of nitrogens with one attached hydrogen (secondary N) is 1. The van der Waals surface area contributed by atoms with E-state index in [0.717, 1.165) is 16.8 Å². The molecule has 0 saturated carbocycles. The van der Waals surface area contributed by atoms with Crippen molar-refractivity contribution in [2.75, 3.05) is 0 Å². The van der Waals surface area contributed by atoms with Gasteiger partial charge in [0.05, 0.1) is 12.2 Å². The number of carbonyl (C=O) groups is 2. The van der Waals surface area contributed by atoms with E-state index in [9.17, 15) is 9.59 Å². The van der Waals surface area contributed by atoms with E-state index in [4.69, 9.17) is 0 Å². The van der Waals surface area contributed by atoms with Crippen molar-refractivity contribution >= 4 is 11.8 Å². The van der Waals surface area contributed by atoms with Crippen molar-refractivity contribution in [3.8, 4) is 0 Å². The molecular weight excluding hydrogens is 374 g/mol. The van der Waals surface area contributed by atoms with Crippen LogP contribution >= 0.6 is 0 Å². The number of hydrogen-bond acceptors (Lipinski definition) is 3. The molecule has 30 heavy (non-hydrogen) atoms. The molecule has 0 aliphatic heterocycles. The minimum atomic E-state index is -0.608. The van der Waals surface area contributed by atoms with Crippen LogP contribution in [0.15, 0.2) is 85.1 Å². The topological polar surface area (TPSA) is 62.3 Å². The quantitative estimate of drug-likeness (QED) is 0.594. The van der Waals surface area contributed by atoms with Crippen molar-refractivity contribution in [1.82, 2.24) is 15.2 Å². The van der Waals surface area contributed by atoms with Crippen LogP contribution < -0.4 is 5.32 Å². The monoisotopic (exact) mass is 401 g/mol. The number of hydrogen-bond donors (Lipinski definition) is 1. The van der Waals surface area contributed by atoms with Gasteiger partial charge < -0.3 is 10.2 Å². The van der Waals surface area contributed by atoms with Gasteiger partial charge in [0.25, 0.3) is 0 Å². The van der Waals surface area contributed by atoms with Crippen molar-refractivity contribution in [2.45, 2.75) is 38.9 Å². The number of amides is 2. The van der Waals surface area contributed by atoms with Crippen molar-refractivity contribution in [3.05, 3.63) is 102 Å². The number of nitrogens with zero attached hydrogens (tertiary/aromatic N) is 2. The smallest absolute Gasteiger partial charge is 0.243 e. The lowest BCUT2D eigenvalue weighted by Crippen LogP contribution is -2.50. The Kier molecular flexibility index (Phi) is 7.72. The number of pyridine rings is 1. The van der Waals surface area contributed by atoms with Crippen LogP contribution in [0.3, 0.4) is 0 Å². The molecule has 1 atom stereocenters. The van der Waals surface area contributed by atoms with Crippen molar-refractivity contribution in [2.24, 2.45) is 0 Å². The Balaban J connectivity index is 1.84. The highest BCUT2D eigenvalue weighted by Gasteiger charge is 2.29. The molecule has 0 unspecified atom stereocenters. The summed E-state index contributed by atoms with van der Waals surface area (Å²) < 4.78 is 0. The van der Waals surface area contributed by atoms with Gasteiger partial charge in [-0.3, -0.25) is 14.6 Å². The highest BCUT2D eigenvalue weighted by Crippen LogP contribution is 2.15. The predicted octanol–water partition coefficient (Wildman–Crippen LogP) is 3.75. The summed E-state index contributed by atoms with van der Waals surface area (Å²) in [7, 11) is 0. The third-order valence-electron chi connectivity index (χ3n) is 4.94. The maximum atomic E-state index is 13.2. The van der Waals surface area contributed by atoms with Crippen LogP contribution in [0.2, 0.25) is 0 Å². The molecule has 1 N–H and O–H groups in total. The summed E-state index contributed by atoms with van der Waals surface area (Å²) >= 11 is 0. The van der Waals surface area contributed by atoms with Crippen LogP contribution in [0.4, 0.5) is 0 Å². The molecule has 0 aliphatic carbocycles. The lowest BCUT2D eigenvalue weighted by Gasteiger charge is -2.31.